The van der Waals surface area contributed by atoms with E-state index in [0.29, 0.717) is 25.4 Å². The minimum absolute atomic E-state index is 0. The number of hydrogen-bond donors (Lipinski definition) is 8. The van der Waals surface area contributed by atoms with Crippen LogP contribution in [-0.2, 0) is 0 Å². The van der Waals surface area contributed by atoms with Crippen molar-refractivity contribution in [2.75, 3.05) is 26.4 Å². The number of benzene rings is 2. The van der Waals surface area contributed by atoms with Crippen molar-refractivity contribution in [2.45, 2.75) is 12.1 Å². The average molecular weight is 1220 g/mol. The van der Waals surface area contributed by atoms with Crippen LogP contribution in [0.4, 0.5) is 0 Å². The maximum Gasteiger partial charge on any atom is 1.00 e. The van der Waals surface area contributed by atoms with Crippen molar-refractivity contribution in [2.24, 2.45) is 0 Å². The first kappa shape index (κ1) is 41.2. The van der Waals surface area contributed by atoms with Crippen LogP contribution in [0.2, 0.25) is 0 Å². The maximum absolute atomic E-state index is 13.1. The quantitative estimate of drug-likeness (QED) is 0.0957. The van der Waals surface area contributed by atoms with Gasteiger partial charge in [-0.3, -0.25) is 9.59 Å². The Morgan fingerprint density at radius 3 is 1.08 bits per heavy atom. The Kier molecular flexibility index (Phi) is 20.5. The summed E-state index contributed by atoms with van der Waals surface area (Å²) >= 11 is 11.4. The second-order valence-electron chi connectivity index (χ2n) is 7.15. The smallest absolute Gasteiger partial charge is 1.00 e. The Morgan fingerprint density at radius 1 is 0.579 bits per heavy atom. The number of amides is 2. The molecule has 10 nitrogen and oxygen atoms in total. The molecule has 0 aromatic heterocycles. The SMILES string of the molecule is O=C(NC(CO)CO)c1c(I)c(O)c(I)c(-c2c(I)c(O)c(I)c(C(=O)NC(CO)CO)c2I)c1I.[H-].[H-].[Na+].[Na+]. The van der Waals surface area contributed by atoms with Crippen molar-refractivity contribution in [1.82, 2.24) is 10.6 Å². The van der Waals surface area contributed by atoms with Crippen molar-refractivity contribution in [3.63, 3.8) is 0 Å². The summed E-state index contributed by atoms with van der Waals surface area (Å²) in [4.78, 5) is 26.2. The molecule has 0 atom stereocenters. The largest absolute Gasteiger partial charge is 1.00 e. The number of carbonyl (C=O) groups excluding carboxylic acids is 2. The summed E-state index contributed by atoms with van der Waals surface area (Å²) in [5, 5.41) is 64.4. The first-order valence-corrected chi connectivity index (χ1v) is 16.2. The molecule has 2 aromatic carbocycles. The Balaban J connectivity index is -0.00000342. The van der Waals surface area contributed by atoms with E-state index in [0.717, 1.165) is 0 Å². The third-order valence-corrected chi connectivity index (χ3v) is 11.2. The van der Waals surface area contributed by atoms with Gasteiger partial charge in [-0.15, -0.1) is 0 Å². The van der Waals surface area contributed by atoms with Gasteiger partial charge in [0.25, 0.3) is 11.8 Å². The van der Waals surface area contributed by atoms with Crippen LogP contribution < -0.4 is 69.7 Å². The number of aliphatic hydroxyl groups is 4. The second-order valence-corrected chi connectivity index (χ2v) is 13.6. The maximum atomic E-state index is 13.1. The molecule has 0 saturated heterocycles. The number of phenols is 2. The van der Waals surface area contributed by atoms with Crippen LogP contribution in [0.3, 0.4) is 0 Å². The summed E-state index contributed by atoms with van der Waals surface area (Å²) in [7, 11) is 0. The molecule has 0 saturated carbocycles. The number of aliphatic hydroxyl groups excluding tert-OH is 4. The summed E-state index contributed by atoms with van der Waals surface area (Å²) in [5.74, 6) is -1.62. The number of phenolic OH excluding ortho intramolecular Hbond substituents is 2. The molecule has 8 N–H and O–H groups in total. The Morgan fingerprint density at radius 2 is 0.842 bits per heavy atom. The Hall–Kier alpha value is 3.20. The van der Waals surface area contributed by atoms with Crippen LogP contribution in [0.5, 0.6) is 11.5 Å². The van der Waals surface area contributed by atoms with Gasteiger partial charge in [0, 0.05) is 18.3 Å². The molecule has 2 amide bonds. The predicted octanol–water partition coefficient (Wildman–Crippen LogP) is -3.21. The summed E-state index contributed by atoms with van der Waals surface area (Å²) < 4.78 is 2.10. The van der Waals surface area contributed by atoms with E-state index in [9.17, 15) is 40.2 Å². The normalized spacial score (nSPS) is 10.7. The zero-order valence-corrected chi connectivity index (χ0v) is 36.7. The molecule has 0 bridgehead atoms. The Labute approximate surface area is 347 Å². The first-order valence-electron chi connectivity index (χ1n) is 9.71. The van der Waals surface area contributed by atoms with Gasteiger partial charge in [0.15, 0.2) is 0 Å². The van der Waals surface area contributed by atoms with Gasteiger partial charge in [-0.2, -0.15) is 0 Å². The van der Waals surface area contributed by atoms with E-state index >= 15 is 0 Å². The van der Waals surface area contributed by atoms with Crippen LogP contribution >= 0.6 is 136 Å². The van der Waals surface area contributed by atoms with Crippen LogP contribution in [-0.4, -0.2) is 81.0 Å². The topological polar surface area (TPSA) is 180 Å². The van der Waals surface area contributed by atoms with Crippen LogP contribution in [0, 0.1) is 21.4 Å². The number of hydrogen-bond acceptors (Lipinski definition) is 8. The van der Waals surface area contributed by atoms with Gasteiger partial charge in [0.05, 0.1) is 63.9 Å². The van der Waals surface area contributed by atoms with E-state index in [1.165, 1.54) is 0 Å². The van der Waals surface area contributed by atoms with Gasteiger partial charge in [-0.25, -0.2) is 0 Å². The van der Waals surface area contributed by atoms with E-state index in [-0.39, 0.29) is 91.7 Å². The molecule has 0 aliphatic heterocycles. The van der Waals surface area contributed by atoms with E-state index < -0.39 is 50.3 Å². The van der Waals surface area contributed by atoms with Gasteiger partial charge >= 0.3 is 59.1 Å². The second kappa shape index (κ2) is 18.9. The number of nitrogens with one attached hydrogen (secondary N) is 2. The van der Waals surface area contributed by atoms with Crippen molar-refractivity contribution >= 4 is 147 Å². The molecular weight excluding hydrogens is 1200 g/mol. The van der Waals surface area contributed by atoms with Crippen LogP contribution in [0.25, 0.3) is 11.1 Å². The molecule has 0 fully saturated rings. The first-order chi connectivity index (χ1) is 16.9. The minimum atomic E-state index is -0.905. The summed E-state index contributed by atoms with van der Waals surface area (Å²) in [6.45, 7) is -1.94. The fourth-order valence-electron chi connectivity index (χ4n) is 2.95. The van der Waals surface area contributed by atoms with Crippen molar-refractivity contribution in [3.05, 3.63) is 32.5 Å². The molecule has 0 unspecified atom stereocenters. The molecule has 0 spiro atoms. The molecule has 0 heterocycles. The molecule has 0 aliphatic rings. The van der Waals surface area contributed by atoms with Gasteiger partial charge in [0.2, 0.25) is 0 Å². The van der Waals surface area contributed by atoms with E-state index in [1.807, 2.05) is 136 Å². The minimum Gasteiger partial charge on any atom is -1.00 e. The van der Waals surface area contributed by atoms with E-state index in [4.69, 9.17) is 0 Å². The molecular formula is C20H20I6N2Na2O8. The number of rotatable bonds is 9. The third-order valence-electron chi connectivity index (χ3n) is 4.84. The van der Waals surface area contributed by atoms with Crippen molar-refractivity contribution < 1.29 is 102 Å². The fourth-order valence-corrected chi connectivity index (χ4v) is 11.3. The van der Waals surface area contributed by atoms with E-state index in [2.05, 4.69) is 10.6 Å². The van der Waals surface area contributed by atoms with Gasteiger partial charge in [-0.1, -0.05) is 0 Å². The molecule has 202 valence electrons. The van der Waals surface area contributed by atoms with Gasteiger partial charge in [0.1, 0.15) is 11.5 Å². The van der Waals surface area contributed by atoms with Crippen LogP contribution in [0.1, 0.15) is 23.6 Å². The predicted molar refractivity (Wildman–Crippen MR) is 185 cm³/mol. The van der Waals surface area contributed by atoms with Gasteiger partial charge < -0.3 is 44.1 Å². The molecule has 38 heavy (non-hydrogen) atoms. The number of aromatic hydroxyl groups is 2. The standard InChI is InChI=1S/C20H18I6N2O8.2Na.2H/c21-11-7(13(23)17(33)15(25)9(11)19(35)27-5(1-29)2-30)8-12(22)10(16(26)18(34)14(8)24)20(36)28-6(3-31)4-32;;;;/h5-6,29-34H,1-4H2,(H,27,35)(H,28,36);;;;/q;2*+1;2*-1. The van der Waals surface area contributed by atoms with Crippen LogP contribution in [0.15, 0.2) is 0 Å². The zero-order chi connectivity index (χ0) is 27.5. The molecule has 2 aromatic rings. The van der Waals surface area contributed by atoms with Crippen molar-refractivity contribution in [1.29, 1.82) is 0 Å². The van der Waals surface area contributed by atoms with Gasteiger partial charge in [-0.05, 0) is 136 Å². The molecule has 0 aliphatic carbocycles. The monoisotopic (exact) mass is 1220 g/mol. The summed E-state index contributed by atoms with van der Waals surface area (Å²) in [5.41, 5.74) is 1.01. The third kappa shape index (κ3) is 9.12. The summed E-state index contributed by atoms with van der Waals surface area (Å²) in [6, 6.07) is -1.81. The zero-order valence-electron chi connectivity index (χ0n) is 21.8. The summed E-state index contributed by atoms with van der Waals surface area (Å²) in [6.07, 6.45) is 0. The Bertz CT molecular complexity index is 1120. The average Bonchev–Trinajstić information content (AvgIpc) is 2.85. The molecule has 2 rings (SSSR count). The number of carbonyl (C=O) groups is 2. The van der Waals surface area contributed by atoms with E-state index in [1.54, 1.807) is 0 Å². The number of halogens is 6. The molecule has 0 radical (unpaired) electrons. The molecule has 18 heteroatoms. The van der Waals surface area contributed by atoms with Crippen molar-refractivity contribution in [3.8, 4) is 22.6 Å². The fraction of sp³-hybridized carbons (Fsp3) is 0.300.